The Morgan fingerprint density at radius 3 is 2.90 bits per heavy atom. The first-order chi connectivity index (χ1) is 10.2. The molecule has 2 rings (SSSR count). The molecule has 2 N–H and O–H groups in total. The summed E-state index contributed by atoms with van der Waals surface area (Å²) in [6.07, 6.45) is 4.11. The first kappa shape index (κ1) is 15.1. The van der Waals surface area contributed by atoms with Crippen molar-refractivity contribution in [3.8, 4) is 5.75 Å². The van der Waals surface area contributed by atoms with Crippen LogP contribution in [0.1, 0.15) is 31.0 Å². The van der Waals surface area contributed by atoms with E-state index in [9.17, 15) is 4.79 Å². The van der Waals surface area contributed by atoms with Gasteiger partial charge in [-0.15, -0.1) is 0 Å². The number of nitrogens with one attached hydrogen (secondary N) is 2. The van der Waals surface area contributed by atoms with Crippen molar-refractivity contribution in [2.24, 2.45) is 0 Å². The van der Waals surface area contributed by atoms with Crippen molar-refractivity contribution < 1.29 is 9.53 Å². The summed E-state index contributed by atoms with van der Waals surface area (Å²) < 4.78 is 5.62. The number of ether oxygens (including phenoxy) is 1. The summed E-state index contributed by atoms with van der Waals surface area (Å²) in [5.74, 6) is 1.02. The lowest BCUT2D eigenvalue weighted by Crippen LogP contribution is -2.30. The van der Waals surface area contributed by atoms with Crippen molar-refractivity contribution in [1.29, 1.82) is 0 Å². The molecule has 1 aromatic heterocycles. The average Bonchev–Trinajstić information content (AvgIpc) is 2.98. The van der Waals surface area contributed by atoms with Gasteiger partial charge in [-0.2, -0.15) is 0 Å². The number of hydrogen-bond donors (Lipinski definition) is 2. The molecule has 0 spiro atoms. The van der Waals surface area contributed by atoms with Gasteiger partial charge in [0.05, 0.1) is 6.33 Å². The molecule has 5 nitrogen and oxygen atoms in total. The Morgan fingerprint density at radius 2 is 2.19 bits per heavy atom. The molecule has 1 heterocycles. The molecule has 0 fully saturated rings. The highest BCUT2D eigenvalue weighted by Crippen LogP contribution is 2.25. The van der Waals surface area contributed by atoms with Crippen LogP contribution >= 0.6 is 0 Å². The van der Waals surface area contributed by atoms with E-state index >= 15 is 0 Å². The van der Waals surface area contributed by atoms with Gasteiger partial charge in [0.1, 0.15) is 5.75 Å². The van der Waals surface area contributed by atoms with Crippen molar-refractivity contribution in [1.82, 2.24) is 15.3 Å². The van der Waals surface area contributed by atoms with Gasteiger partial charge in [-0.05, 0) is 17.5 Å². The molecule has 2 aromatic rings. The van der Waals surface area contributed by atoms with Gasteiger partial charge < -0.3 is 15.0 Å². The van der Waals surface area contributed by atoms with Crippen LogP contribution in [0.2, 0.25) is 0 Å². The molecule has 0 radical (unpaired) electrons. The zero-order chi connectivity index (χ0) is 15.1. The number of aromatic nitrogens is 2. The van der Waals surface area contributed by atoms with Crippen LogP contribution in [0.25, 0.3) is 0 Å². The second-order valence-corrected chi connectivity index (χ2v) is 5.16. The van der Waals surface area contributed by atoms with Gasteiger partial charge in [-0.25, -0.2) is 4.98 Å². The minimum Gasteiger partial charge on any atom is -0.483 e. The second kappa shape index (κ2) is 7.47. The smallest absolute Gasteiger partial charge is 0.257 e. The number of aromatic amines is 1. The van der Waals surface area contributed by atoms with Crippen molar-refractivity contribution in [3.63, 3.8) is 0 Å². The van der Waals surface area contributed by atoms with Crippen LogP contribution in [0.15, 0.2) is 36.8 Å². The molecular weight excluding hydrogens is 266 g/mol. The molecule has 112 valence electrons. The molecule has 0 aliphatic rings. The Morgan fingerprint density at radius 1 is 1.38 bits per heavy atom. The normalized spacial score (nSPS) is 10.6. The lowest BCUT2D eigenvalue weighted by atomic mass is 10.0. The fourth-order valence-electron chi connectivity index (χ4n) is 2.04. The van der Waals surface area contributed by atoms with E-state index in [4.69, 9.17) is 4.74 Å². The summed E-state index contributed by atoms with van der Waals surface area (Å²) >= 11 is 0. The standard InChI is InChI=1S/C16H21N3O2/c1-12(2)14-5-3-4-6-15(14)21-10-16(20)18-8-7-13-9-17-11-19-13/h3-6,9,11-12H,7-8,10H2,1-2H3,(H,17,19)(H,18,20). The molecule has 0 aliphatic carbocycles. The predicted molar refractivity (Wildman–Crippen MR) is 81.3 cm³/mol. The number of H-pyrrole nitrogens is 1. The number of hydrogen-bond acceptors (Lipinski definition) is 3. The quantitative estimate of drug-likeness (QED) is 0.821. The Balaban J connectivity index is 1.76. The van der Waals surface area contributed by atoms with E-state index in [0.29, 0.717) is 12.5 Å². The van der Waals surface area contributed by atoms with Crippen LogP contribution < -0.4 is 10.1 Å². The van der Waals surface area contributed by atoms with Crippen molar-refractivity contribution in [2.45, 2.75) is 26.2 Å². The van der Waals surface area contributed by atoms with Crippen molar-refractivity contribution >= 4 is 5.91 Å². The third kappa shape index (κ3) is 4.63. The maximum absolute atomic E-state index is 11.8. The molecule has 0 aliphatic heterocycles. The number of nitrogens with zero attached hydrogens (tertiary/aromatic N) is 1. The number of rotatable bonds is 7. The monoisotopic (exact) mass is 287 g/mol. The van der Waals surface area contributed by atoms with Gasteiger partial charge in [0.25, 0.3) is 5.91 Å². The lowest BCUT2D eigenvalue weighted by molar-refractivity contribution is -0.123. The van der Waals surface area contributed by atoms with E-state index < -0.39 is 0 Å². The highest BCUT2D eigenvalue weighted by molar-refractivity contribution is 5.77. The van der Waals surface area contributed by atoms with E-state index in [1.54, 1.807) is 12.5 Å². The van der Waals surface area contributed by atoms with Crippen LogP contribution in [0.4, 0.5) is 0 Å². The van der Waals surface area contributed by atoms with Gasteiger partial charge >= 0.3 is 0 Å². The largest absolute Gasteiger partial charge is 0.483 e. The zero-order valence-electron chi connectivity index (χ0n) is 12.4. The van der Waals surface area contributed by atoms with Gasteiger partial charge in [-0.1, -0.05) is 32.0 Å². The summed E-state index contributed by atoms with van der Waals surface area (Å²) in [7, 11) is 0. The Bertz CT molecular complexity index is 565. The maximum atomic E-state index is 11.8. The number of amides is 1. The van der Waals surface area contributed by atoms with Gasteiger partial charge in [-0.3, -0.25) is 4.79 Å². The van der Waals surface area contributed by atoms with Gasteiger partial charge in [0.2, 0.25) is 0 Å². The number of para-hydroxylation sites is 1. The summed E-state index contributed by atoms with van der Waals surface area (Å²) in [5, 5.41) is 2.83. The molecule has 0 saturated carbocycles. The second-order valence-electron chi connectivity index (χ2n) is 5.16. The summed E-state index contributed by atoms with van der Waals surface area (Å²) in [6.45, 7) is 4.81. The van der Waals surface area contributed by atoms with Gasteiger partial charge in [0.15, 0.2) is 6.61 Å². The highest BCUT2D eigenvalue weighted by Gasteiger charge is 2.09. The van der Waals surface area contributed by atoms with E-state index in [1.165, 1.54) is 0 Å². The number of imidazole rings is 1. The molecule has 1 amide bonds. The van der Waals surface area contributed by atoms with Crippen molar-refractivity contribution in [2.75, 3.05) is 13.2 Å². The fraction of sp³-hybridized carbons (Fsp3) is 0.375. The van der Waals surface area contributed by atoms with Crippen LogP contribution in [0.3, 0.4) is 0 Å². The topological polar surface area (TPSA) is 67.0 Å². The molecule has 0 unspecified atom stereocenters. The molecule has 21 heavy (non-hydrogen) atoms. The first-order valence-electron chi connectivity index (χ1n) is 7.12. The van der Waals surface area contributed by atoms with Crippen LogP contribution in [-0.2, 0) is 11.2 Å². The summed E-state index contributed by atoms with van der Waals surface area (Å²) in [6, 6.07) is 7.81. The SMILES string of the molecule is CC(C)c1ccccc1OCC(=O)NCCc1cnc[nH]1. The Kier molecular flexibility index (Phi) is 5.37. The minimum atomic E-state index is -0.118. The number of carbonyl (C=O) groups is 1. The van der Waals surface area contributed by atoms with E-state index in [1.807, 2.05) is 24.3 Å². The third-order valence-corrected chi connectivity index (χ3v) is 3.17. The molecule has 5 heteroatoms. The predicted octanol–water partition coefficient (Wildman–Crippen LogP) is 2.27. The summed E-state index contributed by atoms with van der Waals surface area (Å²) in [4.78, 5) is 18.7. The molecule has 0 saturated heterocycles. The average molecular weight is 287 g/mol. The molecule has 0 bridgehead atoms. The van der Waals surface area contributed by atoms with Crippen LogP contribution in [0, 0.1) is 0 Å². The van der Waals surface area contributed by atoms with E-state index in [-0.39, 0.29) is 12.5 Å². The number of benzene rings is 1. The minimum absolute atomic E-state index is 0.0344. The van der Waals surface area contributed by atoms with Crippen LogP contribution in [0.5, 0.6) is 5.75 Å². The zero-order valence-corrected chi connectivity index (χ0v) is 12.4. The molecular formula is C16H21N3O2. The Hall–Kier alpha value is -2.30. The Labute approximate surface area is 124 Å². The van der Waals surface area contributed by atoms with E-state index in [2.05, 4.69) is 29.1 Å². The van der Waals surface area contributed by atoms with Gasteiger partial charge in [0, 0.05) is 24.9 Å². The van der Waals surface area contributed by atoms with Crippen LogP contribution in [-0.4, -0.2) is 29.0 Å². The summed E-state index contributed by atoms with van der Waals surface area (Å²) in [5.41, 5.74) is 2.11. The van der Waals surface area contributed by atoms with Crippen molar-refractivity contribution in [3.05, 3.63) is 48.0 Å². The number of carbonyl (C=O) groups excluding carboxylic acids is 1. The lowest BCUT2D eigenvalue weighted by Gasteiger charge is -2.13. The molecule has 0 atom stereocenters. The highest BCUT2D eigenvalue weighted by atomic mass is 16.5. The first-order valence-corrected chi connectivity index (χ1v) is 7.12. The van der Waals surface area contributed by atoms with E-state index in [0.717, 1.165) is 23.4 Å². The molecule has 1 aromatic carbocycles. The fourth-order valence-corrected chi connectivity index (χ4v) is 2.04. The maximum Gasteiger partial charge on any atom is 0.257 e. The third-order valence-electron chi connectivity index (χ3n) is 3.17.